The van der Waals surface area contributed by atoms with Crippen LogP contribution in [0.15, 0.2) is 47.6 Å². The van der Waals surface area contributed by atoms with Crippen molar-refractivity contribution in [2.45, 2.75) is 32.2 Å². The number of ether oxygens (including phenoxy) is 2. The van der Waals surface area contributed by atoms with Crippen molar-refractivity contribution < 1.29 is 9.47 Å². The number of pyridine rings is 1. The number of benzene rings is 1. The molecule has 0 atom stereocenters. The van der Waals surface area contributed by atoms with Crippen LogP contribution in [0.5, 0.6) is 17.4 Å². The Balaban J connectivity index is 1.57. The summed E-state index contributed by atoms with van der Waals surface area (Å²) in [6.45, 7) is 2.52. The molecule has 0 unspecified atom stereocenters. The normalized spacial score (nSPS) is 15.4. The van der Waals surface area contributed by atoms with Crippen molar-refractivity contribution >= 4 is 5.96 Å². The quantitative estimate of drug-likeness (QED) is 0.656. The molecule has 0 radical (unpaired) electrons. The van der Waals surface area contributed by atoms with E-state index in [-0.39, 0.29) is 0 Å². The van der Waals surface area contributed by atoms with Gasteiger partial charge in [-0.15, -0.1) is 0 Å². The van der Waals surface area contributed by atoms with E-state index >= 15 is 0 Å². The van der Waals surface area contributed by atoms with Crippen molar-refractivity contribution in [3.8, 4) is 17.4 Å². The largest absolute Gasteiger partial charge is 0.497 e. The van der Waals surface area contributed by atoms with Gasteiger partial charge in [-0.25, -0.2) is 9.98 Å². The van der Waals surface area contributed by atoms with Crippen LogP contribution in [0.3, 0.4) is 0 Å². The maximum absolute atomic E-state index is 6.14. The molecule has 1 aliphatic rings. The fraction of sp³-hybridized carbons (Fsp3) is 0.400. The van der Waals surface area contributed by atoms with E-state index in [4.69, 9.17) is 15.2 Å². The summed E-state index contributed by atoms with van der Waals surface area (Å²) in [6, 6.07) is 11.2. The highest BCUT2D eigenvalue weighted by Crippen LogP contribution is 2.23. The SMILES string of the molecule is COc1cccc(Oc2ccc(CN=C(N)N3CCCCCC3)cn2)c1. The van der Waals surface area contributed by atoms with Crippen LogP contribution >= 0.6 is 0 Å². The number of guanidine groups is 1. The highest BCUT2D eigenvalue weighted by atomic mass is 16.5. The minimum atomic E-state index is 0.523. The molecule has 6 nitrogen and oxygen atoms in total. The molecule has 2 aromatic rings. The number of methoxy groups -OCH3 is 1. The van der Waals surface area contributed by atoms with E-state index in [1.165, 1.54) is 25.7 Å². The molecule has 2 heterocycles. The Morgan fingerprint density at radius 2 is 1.88 bits per heavy atom. The van der Waals surface area contributed by atoms with Crippen molar-refractivity contribution in [2.24, 2.45) is 10.7 Å². The molecular formula is C20H26N4O2. The Hall–Kier alpha value is -2.76. The van der Waals surface area contributed by atoms with Crippen molar-refractivity contribution in [1.29, 1.82) is 0 Å². The van der Waals surface area contributed by atoms with E-state index in [0.29, 0.717) is 24.1 Å². The van der Waals surface area contributed by atoms with Crippen LogP contribution in [-0.4, -0.2) is 36.0 Å². The van der Waals surface area contributed by atoms with E-state index in [1.807, 2.05) is 36.4 Å². The van der Waals surface area contributed by atoms with Gasteiger partial charge in [0.15, 0.2) is 5.96 Å². The zero-order valence-corrected chi connectivity index (χ0v) is 15.2. The van der Waals surface area contributed by atoms with Gasteiger partial charge in [0.25, 0.3) is 0 Å². The van der Waals surface area contributed by atoms with Gasteiger partial charge < -0.3 is 20.1 Å². The molecule has 0 aliphatic carbocycles. The summed E-state index contributed by atoms with van der Waals surface area (Å²) in [6.07, 6.45) is 6.71. The van der Waals surface area contributed by atoms with E-state index in [2.05, 4.69) is 14.9 Å². The molecule has 0 saturated carbocycles. The maximum Gasteiger partial charge on any atom is 0.219 e. The van der Waals surface area contributed by atoms with Crippen molar-refractivity contribution in [2.75, 3.05) is 20.2 Å². The zero-order chi connectivity index (χ0) is 18.2. The van der Waals surface area contributed by atoms with Gasteiger partial charge >= 0.3 is 0 Å². The minimum Gasteiger partial charge on any atom is -0.497 e. The summed E-state index contributed by atoms with van der Waals surface area (Å²) in [5.41, 5.74) is 7.14. The second-order valence-corrected chi connectivity index (χ2v) is 6.36. The van der Waals surface area contributed by atoms with Crippen molar-refractivity contribution in [3.63, 3.8) is 0 Å². The Morgan fingerprint density at radius 1 is 1.12 bits per heavy atom. The maximum atomic E-state index is 6.14. The Kier molecular flexibility index (Phi) is 6.30. The molecule has 2 N–H and O–H groups in total. The highest BCUT2D eigenvalue weighted by Gasteiger charge is 2.10. The summed E-state index contributed by atoms with van der Waals surface area (Å²) in [5, 5.41) is 0. The number of nitrogens with zero attached hydrogens (tertiary/aromatic N) is 3. The topological polar surface area (TPSA) is 73.0 Å². The molecule has 1 aromatic carbocycles. The van der Waals surface area contributed by atoms with Crippen LogP contribution in [0.1, 0.15) is 31.2 Å². The molecule has 138 valence electrons. The molecule has 26 heavy (non-hydrogen) atoms. The predicted octanol–water partition coefficient (Wildman–Crippen LogP) is 3.57. The number of nitrogens with two attached hydrogens (primary N) is 1. The third-order valence-electron chi connectivity index (χ3n) is 4.41. The molecular weight excluding hydrogens is 328 g/mol. The molecule has 1 aliphatic heterocycles. The molecule has 0 bridgehead atoms. The summed E-state index contributed by atoms with van der Waals surface area (Å²) in [4.78, 5) is 11.0. The van der Waals surface area contributed by atoms with Crippen molar-refractivity contribution in [1.82, 2.24) is 9.88 Å². The first-order chi connectivity index (χ1) is 12.7. The predicted molar refractivity (Wildman–Crippen MR) is 103 cm³/mol. The van der Waals surface area contributed by atoms with Crippen molar-refractivity contribution in [3.05, 3.63) is 48.2 Å². The molecule has 1 aromatic heterocycles. The van der Waals surface area contributed by atoms with Gasteiger partial charge in [-0.2, -0.15) is 0 Å². The summed E-state index contributed by atoms with van der Waals surface area (Å²) in [5.74, 6) is 2.60. The molecule has 1 fully saturated rings. The van der Waals surface area contributed by atoms with Gasteiger partial charge in [-0.3, -0.25) is 0 Å². The molecule has 0 spiro atoms. The molecule has 0 amide bonds. The Bertz CT molecular complexity index is 723. The summed E-state index contributed by atoms with van der Waals surface area (Å²) in [7, 11) is 1.63. The van der Waals surface area contributed by atoms with Crippen LogP contribution in [0.25, 0.3) is 0 Å². The molecule has 3 rings (SSSR count). The Morgan fingerprint density at radius 3 is 2.58 bits per heavy atom. The zero-order valence-electron chi connectivity index (χ0n) is 15.2. The van der Waals surface area contributed by atoms with Gasteiger partial charge in [-0.05, 0) is 30.5 Å². The Labute approximate surface area is 154 Å². The fourth-order valence-corrected chi connectivity index (χ4v) is 2.92. The summed E-state index contributed by atoms with van der Waals surface area (Å²) < 4.78 is 10.9. The van der Waals surface area contributed by atoms with Crippen LogP contribution in [0, 0.1) is 0 Å². The number of aliphatic imine (C=N–C) groups is 1. The third-order valence-corrected chi connectivity index (χ3v) is 4.41. The standard InChI is InChI=1S/C20H26N4O2/c1-25-17-7-6-8-18(13-17)26-19-10-9-16(14-22-19)15-23-20(21)24-11-4-2-3-5-12-24/h6-10,13-14H,2-5,11-12,15H2,1H3,(H2,21,23). The van der Waals surface area contributed by atoms with Crippen LogP contribution in [-0.2, 0) is 6.54 Å². The van der Waals surface area contributed by atoms with Gasteiger partial charge in [0.1, 0.15) is 11.5 Å². The number of hydrogen-bond acceptors (Lipinski definition) is 4. The van der Waals surface area contributed by atoms with E-state index in [1.54, 1.807) is 13.3 Å². The van der Waals surface area contributed by atoms with Gasteiger partial charge in [0, 0.05) is 31.4 Å². The average molecular weight is 354 g/mol. The number of rotatable bonds is 5. The lowest BCUT2D eigenvalue weighted by molar-refractivity contribution is 0.407. The number of likely N-dealkylation sites (tertiary alicyclic amines) is 1. The van der Waals surface area contributed by atoms with E-state index in [0.717, 1.165) is 24.4 Å². The monoisotopic (exact) mass is 354 g/mol. The molecule has 1 saturated heterocycles. The van der Waals surface area contributed by atoms with Gasteiger partial charge in [0.2, 0.25) is 5.88 Å². The van der Waals surface area contributed by atoms with E-state index in [9.17, 15) is 0 Å². The van der Waals surface area contributed by atoms with Gasteiger partial charge in [-0.1, -0.05) is 25.0 Å². The summed E-state index contributed by atoms with van der Waals surface area (Å²) >= 11 is 0. The second kappa shape index (κ2) is 9.08. The highest BCUT2D eigenvalue weighted by molar-refractivity contribution is 5.78. The first kappa shape index (κ1) is 18.0. The number of aromatic nitrogens is 1. The first-order valence-electron chi connectivity index (χ1n) is 9.06. The smallest absolute Gasteiger partial charge is 0.219 e. The minimum absolute atomic E-state index is 0.523. The van der Waals surface area contributed by atoms with Crippen LogP contribution in [0.4, 0.5) is 0 Å². The average Bonchev–Trinajstić information content (AvgIpc) is 2.97. The van der Waals surface area contributed by atoms with Gasteiger partial charge in [0.05, 0.1) is 13.7 Å². The second-order valence-electron chi connectivity index (χ2n) is 6.36. The number of hydrogen-bond donors (Lipinski definition) is 1. The lowest BCUT2D eigenvalue weighted by Crippen LogP contribution is -2.38. The lowest BCUT2D eigenvalue weighted by Gasteiger charge is -2.21. The third kappa shape index (κ3) is 5.12. The molecule has 6 heteroatoms. The first-order valence-corrected chi connectivity index (χ1v) is 9.06. The van der Waals surface area contributed by atoms with Crippen LogP contribution < -0.4 is 15.2 Å². The lowest BCUT2D eigenvalue weighted by atomic mass is 10.2. The fourth-order valence-electron chi connectivity index (χ4n) is 2.92. The van der Waals surface area contributed by atoms with E-state index < -0.39 is 0 Å². The van der Waals surface area contributed by atoms with Crippen LogP contribution in [0.2, 0.25) is 0 Å².